The van der Waals surface area contributed by atoms with Gasteiger partial charge in [0.25, 0.3) is 0 Å². The summed E-state index contributed by atoms with van der Waals surface area (Å²) in [5.41, 5.74) is 8.66. The van der Waals surface area contributed by atoms with E-state index in [0.29, 0.717) is 19.6 Å². The van der Waals surface area contributed by atoms with Gasteiger partial charge in [0.1, 0.15) is 0 Å². The molecule has 0 spiro atoms. The Kier molecular flexibility index (Phi) is 5.11. The van der Waals surface area contributed by atoms with Crippen molar-refractivity contribution in [2.75, 3.05) is 25.0 Å². The molecule has 0 saturated carbocycles. The number of nitrogens with two attached hydrogens (primary N) is 1. The Morgan fingerprint density at radius 2 is 2.14 bits per heavy atom. The zero-order valence-electron chi connectivity index (χ0n) is 12.6. The van der Waals surface area contributed by atoms with Crippen LogP contribution in [0.25, 0.3) is 10.9 Å². The molecule has 21 heavy (non-hydrogen) atoms. The molecule has 0 atom stereocenters. The lowest BCUT2D eigenvalue weighted by molar-refractivity contribution is -0.119. The Morgan fingerprint density at radius 1 is 1.38 bits per heavy atom. The van der Waals surface area contributed by atoms with Gasteiger partial charge in [-0.1, -0.05) is 25.1 Å². The number of anilines is 1. The van der Waals surface area contributed by atoms with E-state index in [9.17, 15) is 4.79 Å². The fourth-order valence-electron chi connectivity index (χ4n) is 2.38. The second-order valence-corrected chi connectivity index (χ2v) is 5.06. The van der Waals surface area contributed by atoms with Gasteiger partial charge in [-0.05, 0) is 12.5 Å². The number of amides is 1. The van der Waals surface area contributed by atoms with Crippen LogP contribution < -0.4 is 16.0 Å². The van der Waals surface area contributed by atoms with Gasteiger partial charge in [0.15, 0.2) is 0 Å². The molecule has 1 aromatic carbocycles. The number of rotatable bonds is 6. The summed E-state index contributed by atoms with van der Waals surface area (Å²) in [6.45, 7) is 3.44. The maximum absolute atomic E-state index is 11.9. The Morgan fingerprint density at radius 3 is 2.86 bits per heavy atom. The third-order valence-corrected chi connectivity index (χ3v) is 3.38. The molecule has 0 unspecified atom stereocenters. The molecule has 1 amide bonds. The number of carbonyl (C=O) groups excluding carboxylic acids is 1. The van der Waals surface area contributed by atoms with E-state index in [1.54, 1.807) is 6.20 Å². The summed E-state index contributed by atoms with van der Waals surface area (Å²) >= 11 is 0. The average Bonchev–Trinajstić information content (AvgIpc) is 2.51. The van der Waals surface area contributed by atoms with E-state index in [2.05, 4.69) is 10.3 Å². The molecule has 0 bridgehead atoms. The molecule has 0 saturated heterocycles. The molecule has 5 nitrogen and oxygen atoms in total. The van der Waals surface area contributed by atoms with Gasteiger partial charge in [-0.25, -0.2) is 0 Å². The largest absolute Gasteiger partial charge is 0.364 e. The fourth-order valence-corrected chi connectivity index (χ4v) is 2.38. The first-order chi connectivity index (χ1) is 10.2. The maximum Gasteiger partial charge on any atom is 0.239 e. The first-order valence-electron chi connectivity index (χ1n) is 7.22. The minimum absolute atomic E-state index is 0.0169. The minimum atomic E-state index is 0.0169. The first kappa shape index (κ1) is 15.3. The average molecular weight is 286 g/mol. The molecule has 0 aliphatic carbocycles. The number of hydrogen-bond acceptors (Lipinski definition) is 4. The molecule has 3 N–H and O–H groups in total. The number of para-hydroxylation sites is 1. The lowest BCUT2D eigenvalue weighted by Crippen LogP contribution is -2.36. The topological polar surface area (TPSA) is 71.2 Å². The number of hydrogen-bond donors (Lipinski definition) is 2. The Balaban J connectivity index is 2.32. The zero-order valence-corrected chi connectivity index (χ0v) is 12.6. The molecule has 0 fully saturated rings. The molecule has 112 valence electrons. The van der Waals surface area contributed by atoms with Gasteiger partial charge in [-0.2, -0.15) is 0 Å². The van der Waals surface area contributed by atoms with Crippen LogP contribution in [0.2, 0.25) is 0 Å². The van der Waals surface area contributed by atoms with Crippen molar-refractivity contribution in [2.24, 2.45) is 5.73 Å². The van der Waals surface area contributed by atoms with E-state index in [-0.39, 0.29) is 5.91 Å². The van der Waals surface area contributed by atoms with Crippen molar-refractivity contribution in [3.8, 4) is 0 Å². The molecule has 5 heteroatoms. The lowest BCUT2D eigenvalue weighted by Gasteiger charge is -2.23. The number of pyridine rings is 1. The summed E-state index contributed by atoms with van der Waals surface area (Å²) in [6.07, 6.45) is 2.72. The molecular formula is C16H22N4O. The van der Waals surface area contributed by atoms with Crippen molar-refractivity contribution in [1.82, 2.24) is 10.3 Å². The van der Waals surface area contributed by atoms with E-state index in [1.807, 2.05) is 43.1 Å². The van der Waals surface area contributed by atoms with E-state index in [0.717, 1.165) is 28.6 Å². The highest BCUT2D eigenvalue weighted by Crippen LogP contribution is 2.28. The van der Waals surface area contributed by atoms with Crippen molar-refractivity contribution in [3.63, 3.8) is 0 Å². The Bertz CT molecular complexity index is 627. The van der Waals surface area contributed by atoms with E-state index in [4.69, 9.17) is 5.73 Å². The van der Waals surface area contributed by atoms with Crippen LogP contribution >= 0.6 is 0 Å². The third-order valence-electron chi connectivity index (χ3n) is 3.38. The van der Waals surface area contributed by atoms with Crippen LogP contribution in [-0.4, -0.2) is 31.0 Å². The first-order valence-corrected chi connectivity index (χ1v) is 7.22. The van der Waals surface area contributed by atoms with Gasteiger partial charge in [0, 0.05) is 37.3 Å². The molecule has 1 aromatic heterocycles. The standard InChI is InChI=1S/C16H22N4O/c1-3-8-18-15(21)11-20(2)16-12(9-17)10-19-14-7-5-4-6-13(14)16/h4-7,10H,3,8-9,11,17H2,1-2H3,(H,18,21). The molecule has 2 rings (SSSR count). The normalized spacial score (nSPS) is 10.6. The van der Waals surface area contributed by atoms with Crippen molar-refractivity contribution in [1.29, 1.82) is 0 Å². The third kappa shape index (κ3) is 3.49. The summed E-state index contributed by atoms with van der Waals surface area (Å²) in [6, 6.07) is 7.90. The summed E-state index contributed by atoms with van der Waals surface area (Å²) in [4.78, 5) is 18.3. The van der Waals surface area contributed by atoms with E-state index >= 15 is 0 Å². The van der Waals surface area contributed by atoms with Gasteiger partial charge in [-0.15, -0.1) is 0 Å². The van der Waals surface area contributed by atoms with Crippen LogP contribution in [0.4, 0.5) is 5.69 Å². The van der Waals surface area contributed by atoms with Crippen molar-refractivity contribution >= 4 is 22.5 Å². The number of nitrogens with one attached hydrogen (secondary N) is 1. The summed E-state index contributed by atoms with van der Waals surface area (Å²) in [7, 11) is 1.91. The predicted octanol–water partition coefficient (Wildman–Crippen LogP) is 1.66. The SMILES string of the molecule is CCCNC(=O)CN(C)c1c(CN)cnc2ccccc12. The quantitative estimate of drug-likeness (QED) is 0.847. The summed E-state index contributed by atoms with van der Waals surface area (Å²) in [5.74, 6) is 0.0169. The monoisotopic (exact) mass is 286 g/mol. The second kappa shape index (κ2) is 7.04. The van der Waals surface area contributed by atoms with Crippen LogP contribution in [0.3, 0.4) is 0 Å². The van der Waals surface area contributed by atoms with Crippen molar-refractivity contribution in [3.05, 3.63) is 36.0 Å². The summed E-state index contributed by atoms with van der Waals surface area (Å²) in [5, 5.41) is 3.91. The predicted molar refractivity (Wildman–Crippen MR) is 86.2 cm³/mol. The van der Waals surface area contributed by atoms with Gasteiger partial charge >= 0.3 is 0 Å². The number of nitrogens with zero attached hydrogens (tertiary/aromatic N) is 2. The Labute approximate surface area is 125 Å². The highest BCUT2D eigenvalue weighted by Gasteiger charge is 2.14. The molecule has 0 aliphatic rings. The van der Waals surface area contributed by atoms with Gasteiger partial charge in [0.05, 0.1) is 17.7 Å². The van der Waals surface area contributed by atoms with Gasteiger partial charge in [0.2, 0.25) is 5.91 Å². The highest BCUT2D eigenvalue weighted by atomic mass is 16.2. The number of benzene rings is 1. The van der Waals surface area contributed by atoms with Crippen LogP contribution in [0.5, 0.6) is 0 Å². The second-order valence-electron chi connectivity index (χ2n) is 5.06. The van der Waals surface area contributed by atoms with Crippen LogP contribution in [0, 0.1) is 0 Å². The molecule has 1 heterocycles. The lowest BCUT2D eigenvalue weighted by atomic mass is 10.1. The van der Waals surface area contributed by atoms with Crippen molar-refractivity contribution in [2.45, 2.75) is 19.9 Å². The molecular weight excluding hydrogens is 264 g/mol. The van der Waals surface area contributed by atoms with Crippen molar-refractivity contribution < 1.29 is 4.79 Å². The highest BCUT2D eigenvalue weighted by molar-refractivity contribution is 5.95. The van der Waals surface area contributed by atoms with E-state index < -0.39 is 0 Å². The molecule has 0 radical (unpaired) electrons. The van der Waals surface area contributed by atoms with Gasteiger partial charge < -0.3 is 16.0 Å². The minimum Gasteiger partial charge on any atom is -0.364 e. The number of aromatic nitrogens is 1. The summed E-state index contributed by atoms with van der Waals surface area (Å²) < 4.78 is 0. The number of fused-ring (bicyclic) bond motifs is 1. The van der Waals surface area contributed by atoms with Crippen LogP contribution in [-0.2, 0) is 11.3 Å². The fraction of sp³-hybridized carbons (Fsp3) is 0.375. The van der Waals surface area contributed by atoms with E-state index in [1.165, 1.54) is 0 Å². The van der Waals surface area contributed by atoms with Crippen LogP contribution in [0.1, 0.15) is 18.9 Å². The van der Waals surface area contributed by atoms with Crippen LogP contribution in [0.15, 0.2) is 30.5 Å². The molecule has 2 aromatic rings. The number of carbonyl (C=O) groups is 1. The zero-order chi connectivity index (χ0) is 15.2. The molecule has 0 aliphatic heterocycles. The smallest absolute Gasteiger partial charge is 0.239 e. The number of likely N-dealkylation sites (N-methyl/N-ethyl adjacent to an activating group) is 1. The maximum atomic E-state index is 11.9. The Hall–Kier alpha value is -2.14. The van der Waals surface area contributed by atoms with Gasteiger partial charge in [-0.3, -0.25) is 9.78 Å².